The Morgan fingerprint density at radius 3 is 2.66 bits per heavy atom. The van der Waals surface area contributed by atoms with Crippen LogP contribution >= 0.6 is 0 Å². The van der Waals surface area contributed by atoms with Gasteiger partial charge in [-0.05, 0) is 79.7 Å². The number of aromatic nitrogens is 2. The van der Waals surface area contributed by atoms with Crippen molar-refractivity contribution in [3.05, 3.63) is 58.9 Å². The third-order valence-electron chi connectivity index (χ3n) is 8.19. The quantitative estimate of drug-likeness (QED) is 0.749. The number of hydrogen-bond donors (Lipinski definition) is 1. The number of methoxy groups -OCH3 is 1. The van der Waals surface area contributed by atoms with Crippen LogP contribution in [0.2, 0.25) is 0 Å². The first kappa shape index (κ1) is 19.9. The average Bonchev–Trinajstić information content (AvgIpc) is 3.60. The highest BCUT2D eigenvalue weighted by Gasteiger charge is 2.68. The zero-order valence-corrected chi connectivity index (χ0v) is 18.3. The minimum Gasteiger partial charge on any atom is -0.381 e. The molecule has 7 nitrogen and oxygen atoms in total. The number of benzene rings is 1. The van der Waals surface area contributed by atoms with Gasteiger partial charge in [0.25, 0.3) is 5.91 Å². The first-order valence-corrected chi connectivity index (χ1v) is 11.6. The number of rotatable bonds is 4. The molecule has 2 aromatic rings. The van der Waals surface area contributed by atoms with Crippen molar-refractivity contribution in [1.29, 1.82) is 0 Å². The minimum absolute atomic E-state index is 0.134. The van der Waals surface area contributed by atoms with Crippen molar-refractivity contribution in [3.63, 3.8) is 0 Å². The molecule has 1 unspecified atom stereocenters. The van der Waals surface area contributed by atoms with Crippen LogP contribution in [0.15, 0.2) is 36.5 Å². The maximum atomic E-state index is 14.2. The van der Waals surface area contributed by atoms with E-state index in [1.165, 1.54) is 28.9 Å². The van der Waals surface area contributed by atoms with Gasteiger partial charge in [0.2, 0.25) is 0 Å². The van der Waals surface area contributed by atoms with E-state index in [1.807, 2.05) is 0 Å². The first-order valence-electron chi connectivity index (χ1n) is 11.6. The van der Waals surface area contributed by atoms with Crippen LogP contribution in [-0.2, 0) is 28.0 Å². The summed E-state index contributed by atoms with van der Waals surface area (Å²) in [5, 5.41) is 11.2. The molecule has 1 atom stereocenters. The smallest absolute Gasteiger partial charge is 0.325 e. The van der Waals surface area contributed by atoms with Crippen LogP contribution in [0.25, 0.3) is 0 Å². The van der Waals surface area contributed by atoms with Gasteiger partial charge in [-0.25, -0.2) is 4.79 Å². The summed E-state index contributed by atoms with van der Waals surface area (Å²) in [6.45, 7) is 0.134. The molecule has 1 aliphatic heterocycles. The number of nitrogens with zero attached hydrogens (tertiary/aromatic N) is 3. The van der Waals surface area contributed by atoms with Gasteiger partial charge in [-0.15, -0.1) is 0 Å². The largest absolute Gasteiger partial charge is 0.381 e. The molecule has 2 heterocycles. The summed E-state index contributed by atoms with van der Waals surface area (Å²) in [5.74, 6) is 0.441. The Morgan fingerprint density at radius 2 is 1.97 bits per heavy atom. The van der Waals surface area contributed by atoms with Gasteiger partial charge in [-0.1, -0.05) is 18.2 Å². The Hall–Kier alpha value is -2.80. The van der Waals surface area contributed by atoms with Gasteiger partial charge in [-0.3, -0.25) is 9.69 Å². The maximum absolute atomic E-state index is 14.2. The predicted octanol–water partition coefficient (Wildman–Crippen LogP) is 3.43. The van der Waals surface area contributed by atoms with Crippen molar-refractivity contribution in [1.82, 2.24) is 20.4 Å². The molecule has 4 aliphatic rings. The van der Waals surface area contributed by atoms with E-state index in [4.69, 9.17) is 4.74 Å². The number of hydrogen-bond acceptors (Lipinski definition) is 5. The molecule has 7 heteroatoms. The predicted molar refractivity (Wildman–Crippen MR) is 117 cm³/mol. The maximum Gasteiger partial charge on any atom is 0.325 e. The monoisotopic (exact) mass is 432 g/mol. The summed E-state index contributed by atoms with van der Waals surface area (Å²) in [7, 11) is 1.76. The fourth-order valence-electron chi connectivity index (χ4n) is 6.32. The van der Waals surface area contributed by atoms with Crippen molar-refractivity contribution < 1.29 is 14.3 Å². The SMILES string of the molecule is COC1CCC2(CC1)Cc1ccc(C3CC3)cc1C21NC(=O)N(Cc2cccnn2)C1=O. The molecule has 166 valence electrons. The zero-order valence-electron chi connectivity index (χ0n) is 18.3. The Morgan fingerprint density at radius 1 is 1.16 bits per heavy atom. The van der Waals surface area contributed by atoms with Crippen LogP contribution in [0.5, 0.6) is 0 Å². The van der Waals surface area contributed by atoms with Gasteiger partial charge in [0.05, 0.1) is 18.3 Å². The van der Waals surface area contributed by atoms with Gasteiger partial charge in [0, 0.05) is 18.7 Å². The lowest BCUT2D eigenvalue weighted by molar-refractivity contribution is -0.139. The van der Waals surface area contributed by atoms with E-state index in [1.54, 1.807) is 25.4 Å². The average molecular weight is 433 g/mol. The summed E-state index contributed by atoms with van der Waals surface area (Å²) in [5.41, 5.74) is 2.77. The fourth-order valence-corrected chi connectivity index (χ4v) is 6.32. The Bertz CT molecular complexity index is 1080. The Labute approximate surface area is 187 Å². The number of carbonyl (C=O) groups is 2. The van der Waals surface area contributed by atoms with E-state index in [9.17, 15) is 9.59 Å². The molecule has 2 spiro atoms. The summed E-state index contributed by atoms with van der Waals surface area (Å²) in [6, 6.07) is 9.88. The molecule has 3 fully saturated rings. The highest BCUT2D eigenvalue weighted by molar-refractivity contribution is 6.08. The summed E-state index contributed by atoms with van der Waals surface area (Å²) >= 11 is 0. The first-order chi connectivity index (χ1) is 15.6. The number of fused-ring (bicyclic) bond motifs is 3. The molecule has 1 aromatic carbocycles. The van der Waals surface area contributed by atoms with Crippen LogP contribution in [0.4, 0.5) is 4.79 Å². The van der Waals surface area contributed by atoms with Gasteiger partial charge >= 0.3 is 6.03 Å². The van der Waals surface area contributed by atoms with Crippen molar-refractivity contribution in [2.24, 2.45) is 5.41 Å². The summed E-state index contributed by atoms with van der Waals surface area (Å²) in [4.78, 5) is 28.8. The zero-order chi connectivity index (χ0) is 21.9. The highest BCUT2D eigenvalue weighted by Crippen LogP contribution is 2.60. The number of amides is 3. The molecule has 3 amide bonds. The van der Waals surface area contributed by atoms with E-state index in [-0.39, 0.29) is 30.0 Å². The molecular weight excluding hydrogens is 404 g/mol. The molecular formula is C25H28N4O3. The number of imide groups is 1. The van der Waals surface area contributed by atoms with Crippen molar-refractivity contribution >= 4 is 11.9 Å². The van der Waals surface area contributed by atoms with Crippen molar-refractivity contribution in [2.75, 3.05) is 7.11 Å². The third kappa shape index (κ3) is 2.76. The van der Waals surface area contributed by atoms with E-state index >= 15 is 0 Å². The van der Waals surface area contributed by atoms with Crippen LogP contribution in [0.1, 0.15) is 66.8 Å². The molecule has 1 aromatic heterocycles. The molecule has 0 bridgehead atoms. The molecule has 32 heavy (non-hydrogen) atoms. The van der Waals surface area contributed by atoms with E-state index in [2.05, 4.69) is 33.7 Å². The lowest BCUT2D eigenvalue weighted by atomic mass is 9.61. The molecule has 3 aliphatic carbocycles. The Balaban J connectivity index is 1.44. The van der Waals surface area contributed by atoms with E-state index in [0.29, 0.717) is 11.6 Å². The number of urea groups is 1. The lowest BCUT2D eigenvalue weighted by Gasteiger charge is -2.46. The summed E-state index contributed by atoms with van der Waals surface area (Å²) < 4.78 is 5.63. The molecule has 6 rings (SSSR count). The topological polar surface area (TPSA) is 84.4 Å². The second-order valence-electron chi connectivity index (χ2n) is 9.87. The third-order valence-corrected chi connectivity index (χ3v) is 8.19. The minimum atomic E-state index is -1.01. The van der Waals surface area contributed by atoms with Crippen molar-refractivity contribution in [3.8, 4) is 0 Å². The second kappa shape index (κ2) is 7.10. The molecule has 2 saturated carbocycles. The Kier molecular flexibility index (Phi) is 4.41. The van der Waals surface area contributed by atoms with Crippen molar-refractivity contribution in [2.45, 2.75) is 69.1 Å². The number of ether oxygens (including phenoxy) is 1. The molecule has 1 saturated heterocycles. The second-order valence-corrected chi connectivity index (χ2v) is 9.87. The molecule has 0 radical (unpaired) electrons. The van der Waals surface area contributed by atoms with Gasteiger partial charge in [-0.2, -0.15) is 10.2 Å². The number of nitrogens with one attached hydrogen (secondary N) is 1. The van der Waals surface area contributed by atoms with Gasteiger partial charge in [0.15, 0.2) is 5.54 Å². The van der Waals surface area contributed by atoms with Crippen LogP contribution < -0.4 is 5.32 Å². The molecule has 1 N–H and O–H groups in total. The normalized spacial score (nSPS) is 31.4. The van der Waals surface area contributed by atoms with E-state index < -0.39 is 5.54 Å². The van der Waals surface area contributed by atoms with Crippen LogP contribution in [0, 0.1) is 5.41 Å². The van der Waals surface area contributed by atoms with E-state index in [0.717, 1.165) is 37.7 Å². The fraction of sp³-hybridized carbons (Fsp3) is 0.520. The summed E-state index contributed by atoms with van der Waals surface area (Å²) in [6.07, 6.45) is 8.52. The van der Waals surface area contributed by atoms with Gasteiger partial charge in [0.1, 0.15) is 0 Å². The van der Waals surface area contributed by atoms with Gasteiger partial charge < -0.3 is 10.1 Å². The standard InChI is InChI=1S/C25H28N4O3/c1-32-20-8-10-24(11-9-20)14-18-7-6-17(16-4-5-16)13-21(18)25(24)22(30)29(23(31)27-25)15-19-3-2-12-26-28-19/h2-3,6-7,12-13,16,20H,4-5,8-11,14-15H2,1H3,(H,27,31). The van der Waals surface area contributed by atoms with Crippen LogP contribution in [-0.4, -0.2) is 40.2 Å². The highest BCUT2D eigenvalue weighted by atomic mass is 16.5. The van der Waals surface area contributed by atoms with Crippen LogP contribution in [0.3, 0.4) is 0 Å². The lowest BCUT2D eigenvalue weighted by Crippen LogP contribution is -2.56. The number of carbonyl (C=O) groups excluding carboxylic acids is 2.